The number of benzene rings is 2. The molecule has 1 saturated heterocycles. The van der Waals surface area contributed by atoms with Gasteiger partial charge in [-0.15, -0.1) is 0 Å². The Kier molecular flexibility index (Phi) is 5.87. The van der Waals surface area contributed by atoms with E-state index in [0.717, 1.165) is 37.3 Å². The summed E-state index contributed by atoms with van der Waals surface area (Å²) >= 11 is 12.3. The first kappa shape index (κ1) is 19.9. The van der Waals surface area contributed by atoms with Crippen molar-refractivity contribution < 1.29 is 4.79 Å². The zero-order valence-electron chi connectivity index (χ0n) is 16.0. The zero-order valence-corrected chi connectivity index (χ0v) is 17.5. The van der Waals surface area contributed by atoms with Crippen LogP contribution in [0.5, 0.6) is 0 Å². The first-order valence-corrected chi connectivity index (χ1v) is 10.1. The van der Waals surface area contributed by atoms with Gasteiger partial charge in [-0.25, -0.2) is 5.01 Å². The lowest BCUT2D eigenvalue weighted by Crippen LogP contribution is -2.46. The molecule has 3 aromatic rings. The fourth-order valence-electron chi connectivity index (χ4n) is 3.36. The van der Waals surface area contributed by atoms with Crippen LogP contribution in [-0.2, 0) is 0 Å². The zero-order chi connectivity index (χ0) is 20.4. The van der Waals surface area contributed by atoms with E-state index in [-0.39, 0.29) is 11.5 Å². The summed E-state index contributed by atoms with van der Waals surface area (Å²) in [7, 11) is 2.12. The van der Waals surface area contributed by atoms with Gasteiger partial charge >= 0.3 is 0 Å². The Morgan fingerprint density at radius 2 is 1.66 bits per heavy atom. The summed E-state index contributed by atoms with van der Waals surface area (Å²) in [6.07, 6.45) is 1.73. The Morgan fingerprint density at radius 1 is 0.966 bits per heavy atom. The number of pyridine rings is 1. The van der Waals surface area contributed by atoms with Gasteiger partial charge in [0.1, 0.15) is 0 Å². The van der Waals surface area contributed by atoms with Crippen molar-refractivity contribution in [1.82, 2.24) is 14.9 Å². The fourth-order valence-corrected chi connectivity index (χ4v) is 3.93. The number of anilines is 2. The van der Waals surface area contributed by atoms with Crippen molar-refractivity contribution >= 4 is 51.4 Å². The molecule has 6 nitrogen and oxygen atoms in total. The molecule has 4 rings (SSSR count). The molecule has 1 aromatic heterocycles. The van der Waals surface area contributed by atoms with E-state index in [1.807, 2.05) is 24.3 Å². The van der Waals surface area contributed by atoms with E-state index >= 15 is 0 Å². The van der Waals surface area contributed by atoms with Gasteiger partial charge in [0.05, 0.1) is 32.5 Å². The number of hydrazine groups is 1. The van der Waals surface area contributed by atoms with Gasteiger partial charge in [-0.1, -0.05) is 41.4 Å². The minimum atomic E-state index is -0.368. The number of nitrogens with one attached hydrogen (secondary N) is 2. The summed E-state index contributed by atoms with van der Waals surface area (Å²) in [5.74, 6) is -0.368. The highest BCUT2D eigenvalue weighted by Crippen LogP contribution is 2.30. The SMILES string of the molecule is CN1CCN(Nc2ccnc3c(NC(=O)c4c(Cl)cccc4Cl)cccc23)CC1. The molecule has 1 aliphatic heterocycles. The van der Waals surface area contributed by atoms with Gasteiger partial charge < -0.3 is 15.6 Å². The largest absolute Gasteiger partial charge is 0.320 e. The highest BCUT2D eigenvalue weighted by Gasteiger charge is 2.18. The van der Waals surface area contributed by atoms with Crippen molar-refractivity contribution in [2.45, 2.75) is 0 Å². The third-order valence-corrected chi connectivity index (χ3v) is 5.62. The van der Waals surface area contributed by atoms with Gasteiger partial charge in [0.2, 0.25) is 0 Å². The second-order valence-electron chi connectivity index (χ2n) is 7.01. The van der Waals surface area contributed by atoms with Crippen molar-refractivity contribution in [3.63, 3.8) is 0 Å². The average Bonchev–Trinajstić information content (AvgIpc) is 2.70. The fraction of sp³-hybridized carbons (Fsp3) is 0.238. The number of fused-ring (bicyclic) bond motifs is 1. The second kappa shape index (κ2) is 8.55. The maximum Gasteiger partial charge on any atom is 0.258 e. The number of piperazine rings is 1. The van der Waals surface area contributed by atoms with E-state index < -0.39 is 0 Å². The summed E-state index contributed by atoms with van der Waals surface area (Å²) in [4.78, 5) is 19.6. The van der Waals surface area contributed by atoms with Gasteiger partial charge in [0.15, 0.2) is 0 Å². The lowest BCUT2D eigenvalue weighted by molar-refractivity contribution is 0.102. The molecule has 8 heteroatoms. The highest BCUT2D eigenvalue weighted by molar-refractivity contribution is 6.40. The minimum Gasteiger partial charge on any atom is -0.320 e. The van der Waals surface area contributed by atoms with Gasteiger partial charge in [0, 0.05) is 37.8 Å². The number of rotatable bonds is 4. The van der Waals surface area contributed by atoms with E-state index in [1.54, 1.807) is 24.4 Å². The van der Waals surface area contributed by atoms with Crippen molar-refractivity contribution in [3.05, 3.63) is 64.3 Å². The Morgan fingerprint density at radius 3 is 2.38 bits per heavy atom. The quantitative estimate of drug-likeness (QED) is 0.644. The molecule has 1 fully saturated rings. The molecule has 2 N–H and O–H groups in total. The van der Waals surface area contributed by atoms with Crippen molar-refractivity contribution in [3.8, 4) is 0 Å². The minimum absolute atomic E-state index is 0.250. The molecule has 150 valence electrons. The summed E-state index contributed by atoms with van der Waals surface area (Å²) in [6, 6.07) is 12.6. The van der Waals surface area contributed by atoms with Crippen molar-refractivity contribution in [2.75, 3.05) is 44.0 Å². The molecule has 0 radical (unpaired) electrons. The topological polar surface area (TPSA) is 60.5 Å². The maximum atomic E-state index is 12.8. The number of carbonyl (C=O) groups excluding carboxylic acids is 1. The van der Waals surface area contributed by atoms with E-state index in [4.69, 9.17) is 23.2 Å². The van der Waals surface area contributed by atoms with Gasteiger partial charge in [-0.3, -0.25) is 9.78 Å². The third-order valence-electron chi connectivity index (χ3n) is 4.99. The summed E-state index contributed by atoms with van der Waals surface area (Å²) in [6.45, 7) is 3.88. The Bertz CT molecular complexity index is 1030. The van der Waals surface area contributed by atoms with Crippen LogP contribution in [0.25, 0.3) is 10.9 Å². The number of nitrogens with zero attached hydrogens (tertiary/aromatic N) is 3. The normalized spacial score (nSPS) is 15.4. The summed E-state index contributed by atoms with van der Waals surface area (Å²) < 4.78 is 0. The summed E-state index contributed by atoms with van der Waals surface area (Å²) in [5.41, 5.74) is 5.99. The monoisotopic (exact) mass is 429 g/mol. The first-order valence-electron chi connectivity index (χ1n) is 9.36. The van der Waals surface area contributed by atoms with Gasteiger partial charge in [0.25, 0.3) is 5.91 Å². The van der Waals surface area contributed by atoms with Crippen LogP contribution >= 0.6 is 23.2 Å². The molecule has 1 amide bonds. The standard InChI is InChI=1S/C21H21Cl2N5O/c1-27-10-12-28(13-11-27)26-17-8-9-24-20-14(17)4-2-7-18(20)25-21(29)19-15(22)5-3-6-16(19)23/h2-9H,10-13H2,1H3,(H,24,26)(H,25,29). The molecule has 0 aliphatic carbocycles. The number of halogens is 2. The number of para-hydroxylation sites is 1. The van der Waals surface area contributed by atoms with Crippen molar-refractivity contribution in [2.24, 2.45) is 0 Å². The molecule has 29 heavy (non-hydrogen) atoms. The van der Waals surface area contributed by atoms with Crippen LogP contribution in [0.15, 0.2) is 48.7 Å². The molecule has 0 atom stereocenters. The van der Waals surface area contributed by atoms with E-state index in [0.29, 0.717) is 21.2 Å². The van der Waals surface area contributed by atoms with Crippen LogP contribution in [0, 0.1) is 0 Å². The molecule has 0 spiro atoms. The van der Waals surface area contributed by atoms with Crippen LogP contribution in [0.1, 0.15) is 10.4 Å². The number of hydrogen-bond donors (Lipinski definition) is 2. The first-order chi connectivity index (χ1) is 14.0. The van der Waals surface area contributed by atoms with Crippen LogP contribution in [0.3, 0.4) is 0 Å². The predicted molar refractivity (Wildman–Crippen MR) is 119 cm³/mol. The summed E-state index contributed by atoms with van der Waals surface area (Å²) in [5, 5.41) is 6.64. The van der Waals surface area contributed by atoms with E-state index in [9.17, 15) is 4.79 Å². The molecule has 2 aromatic carbocycles. The lowest BCUT2D eigenvalue weighted by atomic mass is 10.1. The van der Waals surface area contributed by atoms with E-state index in [1.165, 1.54) is 0 Å². The molecular formula is C21H21Cl2N5O. The van der Waals surface area contributed by atoms with Gasteiger partial charge in [-0.2, -0.15) is 0 Å². The number of amides is 1. The molecule has 0 saturated carbocycles. The van der Waals surface area contributed by atoms with E-state index in [2.05, 4.69) is 32.7 Å². The van der Waals surface area contributed by atoms with Gasteiger partial charge in [-0.05, 0) is 31.3 Å². The average molecular weight is 430 g/mol. The predicted octanol–water partition coefficient (Wildman–Crippen LogP) is 4.37. The Balaban J connectivity index is 1.62. The highest BCUT2D eigenvalue weighted by atomic mass is 35.5. The number of hydrogen-bond acceptors (Lipinski definition) is 5. The molecule has 1 aliphatic rings. The number of aromatic nitrogens is 1. The van der Waals surface area contributed by atoms with Crippen LogP contribution < -0.4 is 10.7 Å². The van der Waals surface area contributed by atoms with Crippen LogP contribution in [0.4, 0.5) is 11.4 Å². The molecular weight excluding hydrogens is 409 g/mol. The van der Waals surface area contributed by atoms with Crippen LogP contribution in [-0.4, -0.2) is 54.0 Å². The van der Waals surface area contributed by atoms with Crippen LogP contribution in [0.2, 0.25) is 10.0 Å². The third kappa shape index (κ3) is 4.31. The Hall–Kier alpha value is -2.38. The molecule has 0 bridgehead atoms. The number of carbonyl (C=O) groups is 1. The lowest BCUT2D eigenvalue weighted by Gasteiger charge is -2.33. The molecule has 0 unspecified atom stereocenters. The smallest absolute Gasteiger partial charge is 0.258 e. The Labute approximate surface area is 179 Å². The molecule has 2 heterocycles. The van der Waals surface area contributed by atoms with Crippen molar-refractivity contribution in [1.29, 1.82) is 0 Å². The second-order valence-corrected chi connectivity index (χ2v) is 7.83. The number of likely N-dealkylation sites (N-methyl/N-ethyl adjacent to an activating group) is 1. The maximum absolute atomic E-state index is 12.8.